The molecule has 0 N–H and O–H groups in total. The summed E-state index contributed by atoms with van der Waals surface area (Å²) in [5.41, 5.74) is 1.56. The molecule has 0 saturated carbocycles. The molecule has 0 unspecified atom stereocenters. The lowest BCUT2D eigenvalue weighted by Crippen LogP contribution is -2.06. The van der Waals surface area contributed by atoms with Crippen molar-refractivity contribution in [2.24, 2.45) is 0 Å². The van der Waals surface area contributed by atoms with Crippen molar-refractivity contribution in [1.82, 2.24) is 4.98 Å². The van der Waals surface area contributed by atoms with Crippen LogP contribution >= 0.6 is 23.1 Å². The zero-order valence-electron chi connectivity index (χ0n) is 12.8. The monoisotopic (exact) mass is 335 g/mol. The van der Waals surface area contributed by atoms with Gasteiger partial charge >= 0.3 is 5.97 Å². The van der Waals surface area contributed by atoms with E-state index in [0.717, 1.165) is 41.3 Å². The zero-order valence-corrected chi connectivity index (χ0v) is 14.5. The van der Waals surface area contributed by atoms with Gasteiger partial charge in [0.05, 0.1) is 16.8 Å². The molecule has 2 rings (SSSR count). The molecule has 0 atom stereocenters. The lowest BCUT2D eigenvalue weighted by atomic mass is 10.2. The number of fused-ring (bicyclic) bond motifs is 1. The van der Waals surface area contributed by atoms with E-state index in [9.17, 15) is 4.79 Å². The number of carbonyl (C=O) groups excluding carboxylic acids is 1. The number of thiazole rings is 1. The first-order chi connectivity index (χ1) is 10.7. The summed E-state index contributed by atoms with van der Waals surface area (Å²) in [4.78, 5) is 15.8. The first-order valence-electron chi connectivity index (χ1n) is 7.48. The van der Waals surface area contributed by atoms with Crippen molar-refractivity contribution >= 4 is 39.3 Å². The fraction of sp³-hybridized carbons (Fsp3) is 0.412. The Kier molecular flexibility index (Phi) is 6.93. The van der Waals surface area contributed by atoms with Crippen molar-refractivity contribution in [2.75, 3.05) is 12.4 Å². The van der Waals surface area contributed by atoms with E-state index >= 15 is 0 Å². The molecular weight excluding hydrogens is 314 g/mol. The number of para-hydroxylation sites is 1. The second-order valence-corrected chi connectivity index (χ2v) is 7.50. The molecule has 0 radical (unpaired) electrons. The van der Waals surface area contributed by atoms with Gasteiger partial charge in [0.25, 0.3) is 0 Å². The van der Waals surface area contributed by atoms with Gasteiger partial charge in [0, 0.05) is 11.3 Å². The van der Waals surface area contributed by atoms with Crippen LogP contribution in [0, 0.1) is 0 Å². The summed E-state index contributed by atoms with van der Waals surface area (Å²) in [7, 11) is 0. The Hall–Kier alpha value is -1.33. The van der Waals surface area contributed by atoms with Crippen LogP contribution in [0.3, 0.4) is 0 Å². The number of carbonyl (C=O) groups is 1. The molecule has 0 aliphatic rings. The Morgan fingerprint density at radius 3 is 2.82 bits per heavy atom. The van der Waals surface area contributed by atoms with Gasteiger partial charge < -0.3 is 4.74 Å². The first-order valence-corrected chi connectivity index (χ1v) is 9.28. The van der Waals surface area contributed by atoms with Gasteiger partial charge in [-0.2, -0.15) is 0 Å². The second kappa shape index (κ2) is 8.96. The normalized spacial score (nSPS) is 10.8. The summed E-state index contributed by atoms with van der Waals surface area (Å²) in [6, 6.07) is 8.25. The summed E-state index contributed by atoms with van der Waals surface area (Å²) in [6.07, 6.45) is 4.33. The highest BCUT2D eigenvalue weighted by Crippen LogP contribution is 2.29. The van der Waals surface area contributed by atoms with E-state index in [2.05, 4.69) is 29.8 Å². The Bertz CT molecular complexity index is 603. The highest BCUT2D eigenvalue weighted by atomic mass is 32.2. The third-order valence-electron chi connectivity index (χ3n) is 3.12. The molecule has 0 fully saturated rings. The van der Waals surface area contributed by atoms with Gasteiger partial charge in [-0.25, -0.2) is 9.78 Å². The van der Waals surface area contributed by atoms with Crippen LogP contribution < -0.4 is 0 Å². The molecule has 1 heterocycles. The standard InChI is InChI=1S/C17H21NO2S2/c1-13(2)16(19)20-11-7-3-4-8-12-21-17-18-14-9-5-6-10-15(14)22-17/h5-6,9-10H,1,3-4,7-8,11-12H2,2H3. The average Bonchev–Trinajstić information content (AvgIpc) is 2.92. The maximum absolute atomic E-state index is 11.2. The first kappa shape index (κ1) is 17.0. The van der Waals surface area contributed by atoms with Crippen molar-refractivity contribution in [1.29, 1.82) is 0 Å². The third-order valence-corrected chi connectivity index (χ3v) is 5.39. The lowest BCUT2D eigenvalue weighted by molar-refractivity contribution is -0.139. The smallest absolute Gasteiger partial charge is 0.333 e. The molecule has 118 valence electrons. The van der Waals surface area contributed by atoms with Gasteiger partial charge in [-0.1, -0.05) is 43.3 Å². The van der Waals surface area contributed by atoms with E-state index in [-0.39, 0.29) is 5.97 Å². The van der Waals surface area contributed by atoms with Crippen LogP contribution in [-0.4, -0.2) is 23.3 Å². The highest BCUT2D eigenvalue weighted by Gasteiger charge is 2.04. The SMILES string of the molecule is C=C(C)C(=O)OCCCCCCSc1nc2ccccc2s1. The molecule has 3 nitrogen and oxygen atoms in total. The van der Waals surface area contributed by atoms with Gasteiger partial charge in [0.1, 0.15) is 0 Å². The summed E-state index contributed by atoms with van der Waals surface area (Å²) < 4.78 is 7.46. The number of rotatable bonds is 9. The molecular formula is C17H21NO2S2. The van der Waals surface area contributed by atoms with Gasteiger partial charge in [0.15, 0.2) is 4.34 Å². The largest absolute Gasteiger partial charge is 0.462 e. The van der Waals surface area contributed by atoms with Crippen LogP contribution in [-0.2, 0) is 9.53 Å². The maximum Gasteiger partial charge on any atom is 0.333 e. The summed E-state index contributed by atoms with van der Waals surface area (Å²) in [5.74, 6) is 0.803. The van der Waals surface area contributed by atoms with Crippen LogP contribution in [0.2, 0.25) is 0 Å². The Morgan fingerprint density at radius 1 is 1.27 bits per heavy atom. The van der Waals surface area contributed by atoms with E-state index in [1.807, 2.05) is 17.8 Å². The second-order valence-electron chi connectivity index (χ2n) is 5.13. The van der Waals surface area contributed by atoms with Gasteiger partial charge in [0.2, 0.25) is 0 Å². The highest BCUT2D eigenvalue weighted by molar-refractivity contribution is 8.01. The molecule has 0 amide bonds. The molecule has 0 bridgehead atoms. The Balaban J connectivity index is 1.54. The number of benzene rings is 1. The van der Waals surface area contributed by atoms with Crippen LogP contribution in [0.1, 0.15) is 32.6 Å². The molecule has 22 heavy (non-hydrogen) atoms. The third kappa shape index (κ3) is 5.46. The summed E-state index contributed by atoms with van der Waals surface area (Å²) in [6.45, 7) is 5.72. The van der Waals surface area contributed by atoms with Crippen molar-refractivity contribution in [2.45, 2.75) is 36.9 Å². The number of ether oxygens (including phenoxy) is 1. The van der Waals surface area contributed by atoms with Gasteiger partial charge in [-0.05, 0) is 31.9 Å². The van der Waals surface area contributed by atoms with Crippen LogP contribution in [0.4, 0.5) is 0 Å². The van der Waals surface area contributed by atoms with Gasteiger partial charge in [-0.3, -0.25) is 0 Å². The number of esters is 1. The minimum Gasteiger partial charge on any atom is -0.462 e. The summed E-state index contributed by atoms with van der Waals surface area (Å²) in [5, 5.41) is 0. The number of hydrogen-bond acceptors (Lipinski definition) is 5. The fourth-order valence-corrected chi connectivity index (χ4v) is 4.06. The number of nitrogens with zero attached hydrogens (tertiary/aromatic N) is 1. The van der Waals surface area contributed by atoms with E-state index < -0.39 is 0 Å². The van der Waals surface area contributed by atoms with E-state index in [0.29, 0.717) is 12.2 Å². The lowest BCUT2D eigenvalue weighted by Gasteiger charge is -2.03. The van der Waals surface area contributed by atoms with E-state index in [4.69, 9.17) is 4.74 Å². The average molecular weight is 335 g/mol. The van der Waals surface area contributed by atoms with Crippen LogP contribution in [0.25, 0.3) is 10.2 Å². The minimum atomic E-state index is -0.286. The van der Waals surface area contributed by atoms with E-state index in [1.54, 1.807) is 18.3 Å². The molecule has 0 aliphatic carbocycles. The molecule has 0 saturated heterocycles. The van der Waals surface area contributed by atoms with E-state index in [1.165, 1.54) is 4.70 Å². The molecule has 1 aromatic carbocycles. The predicted octanol–water partition coefficient (Wildman–Crippen LogP) is 5.07. The van der Waals surface area contributed by atoms with Crippen molar-refractivity contribution in [3.05, 3.63) is 36.4 Å². The quantitative estimate of drug-likeness (QED) is 0.278. The molecule has 1 aromatic heterocycles. The molecule has 2 aromatic rings. The number of unbranched alkanes of at least 4 members (excludes halogenated alkanes) is 3. The number of aromatic nitrogens is 1. The van der Waals surface area contributed by atoms with Gasteiger partial charge in [-0.15, -0.1) is 11.3 Å². The van der Waals surface area contributed by atoms with Crippen LogP contribution in [0.15, 0.2) is 40.8 Å². The Labute approximate surface area is 139 Å². The molecule has 0 aliphatic heterocycles. The topological polar surface area (TPSA) is 39.2 Å². The van der Waals surface area contributed by atoms with Crippen molar-refractivity contribution < 1.29 is 9.53 Å². The maximum atomic E-state index is 11.2. The van der Waals surface area contributed by atoms with Crippen LogP contribution in [0.5, 0.6) is 0 Å². The fourth-order valence-electron chi connectivity index (χ4n) is 1.92. The summed E-state index contributed by atoms with van der Waals surface area (Å²) >= 11 is 3.59. The van der Waals surface area contributed by atoms with Crippen molar-refractivity contribution in [3.8, 4) is 0 Å². The Morgan fingerprint density at radius 2 is 2.05 bits per heavy atom. The number of hydrogen-bond donors (Lipinski definition) is 0. The predicted molar refractivity (Wildman–Crippen MR) is 94.6 cm³/mol. The minimum absolute atomic E-state index is 0.286. The number of thioether (sulfide) groups is 1. The van der Waals surface area contributed by atoms with Crippen molar-refractivity contribution in [3.63, 3.8) is 0 Å². The zero-order chi connectivity index (χ0) is 15.8. The molecule has 5 heteroatoms. The molecule has 0 spiro atoms.